The van der Waals surface area contributed by atoms with Crippen molar-refractivity contribution in [1.82, 2.24) is 9.55 Å². The molecule has 0 aromatic carbocycles. The number of ether oxygens (including phenoxy) is 3. The van der Waals surface area contributed by atoms with E-state index in [0.717, 1.165) is 16.8 Å². The van der Waals surface area contributed by atoms with E-state index in [4.69, 9.17) is 20.6 Å². The summed E-state index contributed by atoms with van der Waals surface area (Å²) in [6, 6.07) is 0.979. The minimum atomic E-state index is -5.61. The van der Waals surface area contributed by atoms with Crippen molar-refractivity contribution in [2.24, 2.45) is 0 Å². The number of aromatic nitrogens is 2. The van der Waals surface area contributed by atoms with Crippen LogP contribution in [0.25, 0.3) is 0 Å². The fourth-order valence-electron chi connectivity index (χ4n) is 2.96. The van der Waals surface area contributed by atoms with Gasteiger partial charge < -0.3 is 49.5 Å². The minimum absolute atomic E-state index is 0.222. The molecule has 0 amide bonds. The van der Waals surface area contributed by atoms with Crippen LogP contribution in [-0.4, -0.2) is 114 Å². The van der Waals surface area contributed by atoms with E-state index < -0.39 is 96.4 Å². The summed E-state index contributed by atoms with van der Waals surface area (Å²) in [4.78, 5) is 44.5. The van der Waals surface area contributed by atoms with Gasteiger partial charge in [0.15, 0.2) is 6.29 Å². The Labute approximate surface area is 219 Å². The van der Waals surface area contributed by atoms with Crippen LogP contribution < -0.4 is 11.2 Å². The van der Waals surface area contributed by atoms with Gasteiger partial charge in [-0.2, -0.15) is 4.31 Å². The summed E-state index contributed by atoms with van der Waals surface area (Å²) >= 11 is 0. The number of hydrogen-bond donors (Lipinski definition) is 8. The lowest BCUT2D eigenvalue weighted by Gasteiger charge is -2.40. The molecule has 0 radical (unpaired) electrons. The number of nitrogens with zero attached hydrogens (tertiary/aromatic N) is 1. The zero-order chi connectivity index (χ0) is 29.4. The molecular weight excluding hydrogens is 578 g/mol. The van der Waals surface area contributed by atoms with Crippen LogP contribution in [0.3, 0.4) is 0 Å². The average Bonchev–Trinajstić information content (AvgIpc) is 2.85. The summed E-state index contributed by atoms with van der Waals surface area (Å²) in [6.07, 6.45) is -6.69. The van der Waals surface area contributed by atoms with Gasteiger partial charge in [0, 0.05) is 12.3 Å². The molecule has 8 N–H and O–H groups in total. The first-order valence-corrected chi connectivity index (χ1v) is 13.8. The number of rotatable bonds is 15. The Balaban J connectivity index is 2.01. The number of hydrogen-bond acceptors (Lipinski definition) is 15. The van der Waals surface area contributed by atoms with E-state index in [2.05, 4.69) is 19.3 Å². The Morgan fingerprint density at radius 1 is 1.15 bits per heavy atom. The van der Waals surface area contributed by atoms with Gasteiger partial charge in [0.2, 0.25) is 0 Å². The Morgan fingerprint density at radius 3 is 2.46 bits per heavy atom. The molecule has 2 rings (SSSR count). The molecule has 0 bridgehead atoms. The molecule has 7 unspecified atom stereocenters. The molecule has 1 aliphatic rings. The van der Waals surface area contributed by atoms with Gasteiger partial charge in [0.05, 0.1) is 19.8 Å². The van der Waals surface area contributed by atoms with Gasteiger partial charge in [-0.25, -0.2) is 13.9 Å². The fourth-order valence-corrected chi connectivity index (χ4v) is 5.12. The van der Waals surface area contributed by atoms with Crippen molar-refractivity contribution in [2.45, 2.75) is 49.6 Å². The molecule has 1 saturated heterocycles. The summed E-state index contributed by atoms with van der Waals surface area (Å²) in [5.41, 5.74) is -1.60. The normalized spacial score (nSPS) is 28.1. The highest BCUT2D eigenvalue weighted by molar-refractivity contribution is 7.61. The van der Waals surface area contributed by atoms with Crippen molar-refractivity contribution in [2.75, 3.05) is 26.4 Å². The quantitative estimate of drug-likeness (QED) is 0.0535. The Morgan fingerprint density at radius 2 is 1.85 bits per heavy atom. The van der Waals surface area contributed by atoms with Gasteiger partial charge in [0.25, 0.3) is 5.56 Å². The summed E-state index contributed by atoms with van der Waals surface area (Å²) in [6.45, 7) is -3.27. The average molecular weight is 606 g/mol. The van der Waals surface area contributed by atoms with Crippen LogP contribution in [0.5, 0.6) is 0 Å². The first kappa shape index (κ1) is 33.4. The van der Waals surface area contributed by atoms with Crippen LogP contribution in [0, 0.1) is 12.3 Å². The Bertz CT molecular complexity index is 1180. The monoisotopic (exact) mass is 606 g/mol. The second kappa shape index (κ2) is 14.7. The summed E-state index contributed by atoms with van der Waals surface area (Å²) in [5.74, 6) is 2.12. The maximum atomic E-state index is 12.3. The molecule has 0 spiro atoms. The topological polar surface area (TPSA) is 286 Å². The van der Waals surface area contributed by atoms with Crippen molar-refractivity contribution in [3.8, 4) is 12.3 Å². The molecule has 9 atom stereocenters. The molecule has 2 heterocycles. The molecule has 222 valence electrons. The highest BCUT2D eigenvalue weighted by atomic mass is 31.3. The number of H-pyrrole nitrogens is 1. The predicted molar refractivity (Wildman–Crippen MR) is 123 cm³/mol. The Hall–Kier alpha value is -1.82. The molecule has 1 fully saturated rings. The van der Waals surface area contributed by atoms with E-state index in [0.29, 0.717) is 0 Å². The largest absolute Gasteiger partial charge is 0.483 e. The maximum absolute atomic E-state index is 12.3. The summed E-state index contributed by atoms with van der Waals surface area (Å²) in [5, 5.41) is 49.0. The second-order valence-corrected chi connectivity index (χ2v) is 10.8. The van der Waals surface area contributed by atoms with Gasteiger partial charge in [-0.05, 0) is 0 Å². The molecule has 0 saturated carbocycles. The molecule has 21 heteroatoms. The van der Waals surface area contributed by atoms with Crippen LogP contribution >= 0.6 is 15.6 Å². The molecule has 1 aromatic heterocycles. The van der Waals surface area contributed by atoms with E-state index in [-0.39, 0.29) is 6.61 Å². The first-order chi connectivity index (χ1) is 18.2. The number of phosphoric acid groups is 2. The third kappa shape index (κ3) is 10.3. The molecule has 1 aliphatic heterocycles. The van der Waals surface area contributed by atoms with Crippen LogP contribution in [0.15, 0.2) is 21.9 Å². The maximum Gasteiger partial charge on any atom is 0.483 e. The lowest BCUT2D eigenvalue weighted by Crippen LogP contribution is -2.59. The van der Waals surface area contributed by atoms with E-state index in [1.54, 1.807) is 0 Å². The van der Waals surface area contributed by atoms with Crippen molar-refractivity contribution >= 4 is 15.6 Å². The van der Waals surface area contributed by atoms with Gasteiger partial charge in [-0.15, -0.1) is 6.42 Å². The standard InChI is InChI=1S/C18H28N2O17P2/c1-2-5-32-7-12-14(24)15(25)16(26)17(35-12)36-39(30,31)37-38(28,29)34-8-11(10(22)6-21)33-9-20-4-3-13(23)19-18(20)27/h1,3-4,10-12,14-17,21-22,24-26H,5-9H2,(H,28,29)(H,30,31)(H,19,23,27)/t10?,11-,12?,14?,15?,16-,17?/m1/s1. The molecule has 0 aliphatic carbocycles. The number of aliphatic hydroxyl groups is 5. The SMILES string of the molecule is C#CCOCC1OC(OP(=O)(O)OP(=O)(O)OC[C@@H](OCn2ccc(=O)[nH]c2=O)C(O)CO)[C@H](O)C(O)C1O. The van der Waals surface area contributed by atoms with Crippen molar-refractivity contribution < 1.29 is 72.0 Å². The van der Waals surface area contributed by atoms with Gasteiger partial charge in [-0.3, -0.25) is 23.4 Å². The molecular formula is C18H28N2O17P2. The Kier molecular flexibility index (Phi) is 12.6. The summed E-state index contributed by atoms with van der Waals surface area (Å²) in [7, 11) is -11.1. The van der Waals surface area contributed by atoms with Crippen molar-refractivity contribution in [3.63, 3.8) is 0 Å². The lowest BCUT2D eigenvalue weighted by atomic mass is 9.99. The van der Waals surface area contributed by atoms with Crippen molar-refractivity contribution in [1.29, 1.82) is 0 Å². The number of nitrogens with one attached hydrogen (secondary N) is 1. The first-order valence-electron chi connectivity index (χ1n) is 10.8. The van der Waals surface area contributed by atoms with Gasteiger partial charge in [-0.1, -0.05) is 5.92 Å². The number of phosphoric ester groups is 2. The van der Waals surface area contributed by atoms with E-state index in [1.807, 2.05) is 4.98 Å². The lowest BCUT2D eigenvalue weighted by molar-refractivity contribution is -0.282. The zero-order valence-corrected chi connectivity index (χ0v) is 21.7. The van der Waals surface area contributed by atoms with Crippen molar-refractivity contribution in [3.05, 3.63) is 33.1 Å². The highest BCUT2D eigenvalue weighted by Crippen LogP contribution is 2.61. The van der Waals surface area contributed by atoms with Crippen LogP contribution in [0.4, 0.5) is 0 Å². The molecule has 1 aromatic rings. The number of aromatic amines is 1. The second-order valence-electron chi connectivity index (χ2n) is 7.82. The number of terminal acetylenes is 1. The highest BCUT2D eigenvalue weighted by Gasteiger charge is 2.48. The van der Waals surface area contributed by atoms with Gasteiger partial charge >= 0.3 is 21.3 Å². The zero-order valence-electron chi connectivity index (χ0n) is 19.9. The van der Waals surface area contributed by atoms with E-state index in [1.165, 1.54) is 0 Å². The third-order valence-electron chi connectivity index (χ3n) is 4.92. The molecule has 39 heavy (non-hydrogen) atoms. The summed E-state index contributed by atoms with van der Waals surface area (Å²) < 4.78 is 53.8. The molecule has 19 nitrogen and oxygen atoms in total. The van der Waals surface area contributed by atoms with Crippen LogP contribution in [-0.2, 0) is 43.4 Å². The number of aliphatic hydroxyl groups excluding tert-OH is 5. The van der Waals surface area contributed by atoms with Crippen LogP contribution in [0.2, 0.25) is 0 Å². The minimum Gasteiger partial charge on any atom is -0.394 e. The predicted octanol–water partition coefficient (Wildman–Crippen LogP) is -4.06. The smallest absolute Gasteiger partial charge is 0.394 e. The van der Waals surface area contributed by atoms with Crippen LogP contribution in [0.1, 0.15) is 0 Å². The fraction of sp³-hybridized carbons (Fsp3) is 0.667. The third-order valence-corrected chi connectivity index (χ3v) is 7.52. The van der Waals surface area contributed by atoms with E-state index >= 15 is 0 Å². The van der Waals surface area contributed by atoms with Gasteiger partial charge in [0.1, 0.15) is 50.0 Å². The van der Waals surface area contributed by atoms with E-state index in [9.17, 15) is 54.0 Å².